The minimum absolute atomic E-state index is 0.102. The Kier molecular flexibility index (Phi) is 3.64. The van der Waals surface area contributed by atoms with Crippen LogP contribution in [0.3, 0.4) is 0 Å². The molecule has 0 aromatic heterocycles. The van der Waals surface area contributed by atoms with Crippen LogP contribution in [0.15, 0.2) is 36.4 Å². The molecule has 0 saturated heterocycles. The largest absolute Gasteiger partial charge is 0.388 e. The fraction of sp³-hybridized carbons (Fsp3) is 0.250. The first kappa shape index (κ1) is 13.4. The number of anilines is 1. The van der Waals surface area contributed by atoms with E-state index in [-0.39, 0.29) is 5.02 Å². The second-order valence-corrected chi connectivity index (χ2v) is 5.43. The second kappa shape index (κ2) is 5.43. The van der Waals surface area contributed by atoms with Crippen molar-refractivity contribution >= 4 is 17.3 Å². The lowest BCUT2D eigenvalue weighted by molar-refractivity contribution is 0.179. The lowest BCUT2D eigenvalue weighted by Crippen LogP contribution is -2.05. The van der Waals surface area contributed by atoms with E-state index in [1.54, 1.807) is 6.07 Å². The van der Waals surface area contributed by atoms with Gasteiger partial charge in [0.25, 0.3) is 0 Å². The molecule has 0 aliphatic carbocycles. The van der Waals surface area contributed by atoms with Gasteiger partial charge in [0.05, 0.1) is 11.1 Å². The lowest BCUT2D eigenvalue weighted by atomic mass is 9.98. The molecule has 0 saturated carbocycles. The van der Waals surface area contributed by atoms with Crippen LogP contribution in [0.5, 0.6) is 0 Å². The summed E-state index contributed by atoms with van der Waals surface area (Å²) < 4.78 is 13.4. The maximum Gasteiger partial charge on any atom is 0.142 e. The first-order valence-corrected chi connectivity index (χ1v) is 7.00. The van der Waals surface area contributed by atoms with Crippen LogP contribution >= 0.6 is 11.6 Å². The Balaban J connectivity index is 1.84. The highest BCUT2D eigenvalue weighted by atomic mass is 35.5. The predicted octanol–water partition coefficient (Wildman–Crippen LogP) is 3.72. The molecule has 0 fully saturated rings. The predicted molar refractivity (Wildman–Crippen MR) is 78.7 cm³/mol. The average molecular weight is 292 g/mol. The minimum Gasteiger partial charge on any atom is -0.388 e. The van der Waals surface area contributed by atoms with Gasteiger partial charge in [-0.05, 0) is 29.7 Å². The van der Waals surface area contributed by atoms with Gasteiger partial charge in [-0.25, -0.2) is 4.39 Å². The van der Waals surface area contributed by atoms with Crippen molar-refractivity contribution in [2.45, 2.75) is 18.9 Å². The summed E-state index contributed by atoms with van der Waals surface area (Å²) in [6.45, 7) is 0.897. The molecular formula is C16H15ClFNO. The van der Waals surface area contributed by atoms with Gasteiger partial charge < -0.3 is 10.4 Å². The van der Waals surface area contributed by atoms with Gasteiger partial charge in [0.2, 0.25) is 0 Å². The highest BCUT2D eigenvalue weighted by Crippen LogP contribution is 2.32. The molecule has 1 unspecified atom stereocenters. The maximum atomic E-state index is 13.4. The molecule has 2 aromatic carbocycles. The van der Waals surface area contributed by atoms with E-state index in [1.165, 1.54) is 17.7 Å². The van der Waals surface area contributed by atoms with E-state index in [0.717, 1.165) is 29.8 Å². The first-order chi connectivity index (χ1) is 9.65. The van der Waals surface area contributed by atoms with Gasteiger partial charge in [0.15, 0.2) is 0 Å². The van der Waals surface area contributed by atoms with Gasteiger partial charge in [0.1, 0.15) is 5.82 Å². The number of rotatable bonds is 3. The summed E-state index contributed by atoms with van der Waals surface area (Å²) in [5.41, 5.74) is 3.85. The Labute approximate surface area is 122 Å². The third-order valence-electron chi connectivity index (χ3n) is 3.65. The van der Waals surface area contributed by atoms with Crippen LogP contribution in [-0.4, -0.2) is 11.7 Å². The van der Waals surface area contributed by atoms with Crippen LogP contribution < -0.4 is 5.32 Å². The molecule has 0 spiro atoms. The van der Waals surface area contributed by atoms with E-state index in [2.05, 4.69) is 11.4 Å². The van der Waals surface area contributed by atoms with E-state index < -0.39 is 11.9 Å². The zero-order chi connectivity index (χ0) is 14.1. The monoisotopic (exact) mass is 291 g/mol. The molecule has 2 aromatic rings. The number of halogens is 2. The number of nitrogens with one attached hydrogen (secondary N) is 1. The van der Waals surface area contributed by atoms with Crippen LogP contribution in [-0.2, 0) is 12.8 Å². The van der Waals surface area contributed by atoms with Crippen molar-refractivity contribution in [1.82, 2.24) is 0 Å². The van der Waals surface area contributed by atoms with E-state index in [1.807, 2.05) is 12.1 Å². The molecule has 0 amide bonds. The Bertz CT molecular complexity index is 644. The third kappa shape index (κ3) is 2.51. The molecule has 104 valence electrons. The molecular weight excluding hydrogens is 277 g/mol. The molecule has 1 heterocycles. The molecule has 1 atom stereocenters. The van der Waals surface area contributed by atoms with Crippen LogP contribution in [0.2, 0.25) is 5.02 Å². The zero-order valence-corrected chi connectivity index (χ0v) is 11.6. The zero-order valence-electron chi connectivity index (χ0n) is 10.9. The standard InChI is InChI=1S/C16H15ClFNO/c17-13-5-4-10(8-14(13)18)9-15(20)12-3-1-2-11-6-7-19-16(11)12/h1-5,8,15,19-20H,6-7,9H2. The van der Waals surface area contributed by atoms with Crippen molar-refractivity contribution < 1.29 is 9.50 Å². The van der Waals surface area contributed by atoms with Crippen molar-refractivity contribution in [3.63, 3.8) is 0 Å². The number of aliphatic hydroxyl groups excluding tert-OH is 1. The summed E-state index contributed by atoms with van der Waals surface area (Å²) in [5, 5.41) is 13.8. The number of fused-ring (bicyclic) bond motifs is 1. The van der Waals surface area contributed by atoms with Gasteiger partial charge in [-0.3, -0.25) is 0 Å². The van der Waals surface area contributed by atoms with Gasteiger partial charge in [-0.2, -0.15) is 0 Å². The van der Waals surface area contributed by atoms with Crippen molar-refractivity contribution in [2.24, 2.45) is 0 Å². The molecule has 1 aliphatic heterocycles. The smallest absolute Gasteiger partial charge is 0.142 e. The Morgan fingerprint density at radius 1 is 1.30 bits per heavy atom. The summed E-state index contributed by atoms with van der Waals surface area (Å²) >= 11 is 5.66. The topological polar surface area (TPSA) is 32.3 Å². The van der Waals surface area contributed by atoms with Crippen LogP contribution in [0.25, 0.3) is 0 Å². The van der Waals surface area contributed by atoms with E-state index >= 15 is 0 Å². The molecule has 2 nitrogen and oxygen atoms in total. The molecule has 4 heteroatoms. The molecule has 1 aliphatic rings. The van der Waals surface area contributed by atoms with E-state index in [4.69, 9.17) is 11.6 Å². The fourth-order valence-electron chi connectivity index (χ4n) is 2.64. The summed E-state index contributed by atoms with van der Waals surface area (Å²) in [5.74, 6) is -0.451. The summed E-state index contributed by atoms with van der Waals surface area (Å²) in [4.78, 5) is 0. The van der Waals surface area contributed by atoms with E-state index in [0.29, 0.717) is 6.42 Å². The number of para-hydroxylation sites is 1. The van der Waals surface area contributed by atoms with Crippen LogP contribution in [0.1, 0.15) is 22.8 Å². The Morgan fingerprint density at radius 2 is 2.15 bits per heavy atom. The molecule has 0 bridgehead atoms. The number of hydrogen-bond acceptors (Lipinski definition) is 2. The van der Waals surface area contributed by atoms with Crippen LogP contribution in [0.4, 0.5) is 10.1 Å². The molecule has 3 rings (SSSR count). The van der Waals surface area contributed by atoms with Crippen LogP contribution in [0, 0.1) is 5.82 Å². The normalized spacial score (nSPS) is 14.8. The van der Waals surface area contributed by atoms with E-state index in [9.17, 15) is 9.50 Å². The molecule has 20 heavy (non-hydrogen) atoms. The Morgan fingerprint density at radius 3 is 2.95 bits per heavy atom. The summed E-state index contributed by atoms with van der Waals surface area (Å²) in [7, 11) is 0. The van der Waals surface area contributed by atoms with Crippen molar-refractivity contribution in [3.05, 3.63) is 63.9 Å². The molecule has 2 N–H and O–H groups in total. The fourth-order valence-corrected chi connectivity index (χ4v) is 2.76. The average Bonchev–Trinajstić information content (AvgIpc) is 2.91. The van der Waals surface area contributed by atoms with Gasteiger partial charge in [-0.1, -0.05) is 35.9 Å². The van der Waals surface area contributed by atoms with Gasteiger partial charge >= 0.3 is 0 Å². The molecule has 0 radical (unpaired) electrons. The summed E-state index contributed by atoms with van der Waals surface area (Å²) in [6.07, 6.45) is 0.689. The summed E-state index contributed by atoms with van der Waals surface area (Å²) in [6, 6.07) is 10.6. The maximum absolute atomic E-state index is 13.4. The highest BCUT2D eigenvalue weighted by molar-refractivity contribution is 6.30. The van der Waals surface area contributed by atoms with Gasteiger partial charge in [0, 0.05) is 24.2 Å². The minimum atomic E-state index is -0.656. The Hall–Kier alpha value is -1.58. The first-order valence-electron chi connectivity index (χ1n) is 6.63. The highest BCUT2D eigenvalue weighted by Gasteiger charge is 2.19. The lowest BCUT2D eigenvalue weighted by Gasteiger charge is -2.15. The number of hydrogen-bond donors (Lipinski definition) is 2. The van der Waals surface area contributed by atoms with Crippen molar-refractivity contribution in [2.75, 3.05) is 11.9 Å². The second-order valence-electron chi connectivity index (χ2n) is 5.03. The number of aliphatic hydroxyl groups is 1. The number of benzene rings is 2. The van der Waals surface area contributed by atoms with Gasteiger partial charge in [-0.15, -0.1) is 0 Å². The third-order valence-corrected chi connectivity index (χ3v) is 3.96. The quantitative estimate of drug-likeness (QED) is 0.903. The van der Waals surface area contributed by atoms with Crippen molar-refractivity contribution in [1.29, 1.82) is 0 Å². The SMILES string of the molecule is OC(Cc1ccc(Cl)c(F)c1)c1cccc2c1NCC2. The van der Waals surface area contributed by atoms with Crippen molar-refractivity contribution in [3.8, 4) is 0 Å².